The molecule has 2 nitrogen and oxygen atoms in total. The third-order valence-electron chi connectivity index (χ3n) is 1.30. The minimum atomic E-state index is -0.199. The molecule has 0 aliphatic carbocycles. The Balaban J connectivity index is 0. The summed E-state index contributed by atoms with van der Waals surface area (Å²) >= 11 is 1.26. The molecule has 0 aromatic rings. The molecule has 0 saturated heterocycles. The Morgan fingerprint density at radius 3 is 2.15 bits per heavy atom. The van der Waals surface area contributed by atoms with E-state index in [1.807, 2.05) is 34.1 Å². The zero-order chi connectivity index (χ0) is 9.78. The first-order chi connectivity index (χ1) is 5.41. The molecular formula is C9H13NOWY-2. The fraction of sp³-hybridized carbons (Fsp3) is 0.556. The first kappa shape index (κ1) is 16.3. The molecule has 0 aliphatic heterocycles. The van der Waals surface area contributed by atoms with E-state index in [0.29, 0.717) is 0 Å². The number of hydrogen-bond acceptors (Lipinski definition) is 1. The van der Waals surface area contributed by atoms with Gasteiger partial charge in [0.1, 0.15) is 0 Å². The second-order valence-electron chi connectivity index (χ2n) is 3.55. The normalized spacial score (nSPS) is 11.5. The van der Waals surface area contributed by atoms with Gasteiger partial charge in [0.15, 0.2) is 0 Å². The van der Waals surface area contributed by atoms with Gasteiger partial charge < -0.3 is 0 Å². The number of allylic oxidation sites excluding steroid dienone is 1. The summed E-state index contributed by atoms with van der Waals surface area (Å²) in [5, 5.41) is 0. The number of rotatable bonds is 3. The Morgan fingerprint density at radius 1 is 1.46 bits per heavy atom. The van der Waals surface area contributed by atoms with Crippen LogP contribution in [0.2, 0.25) is 0 Å². The van der Waals surface area contributed by atoms with Crippen LogP contribution in [0.4, 0.5) is 0 Å². The first-order valence-electron chi connectivity index (χ1n) is 3.65. The second-order valence-corrected chi connectivity index (χ2v) is 4.28. The molecule has 0 bridgehead atoms. The average molecular weight is 424 g/mol. The largest absolute Gasteiger partial charge is 0 e. The van der Waals surface area contributed by atoms with E-state index < -0.39 is 0 Å². The van der Waals surface area contributed by atoms with Crippen molar-refractivity contribution < 1.29 is 56.9 Å². The summed E-state index contributed by atoms with van der Waals surface area (Å²) in [4.78, 5) is 12.1. The van der Waals surface area contributed by atoms with Gasteiger partial charge in [-0.3, -0.25) is 0 Å². The Bertz CT molecular complexity index is 208. The maximum absolute atomic E-state index is 10.5. The van der Waals surface area contributed by atoms with Crippen molar-refractivity contribution in [1.82, 2.24) is 4.90 Å². The number of hydrogen-bond donors (Lipinski definition) is 0. The van der Waals surface area contributed by atoms with Crippen molar-refractivity contribution in [2.75, 3.05) is 0 Å². The average Bonchev–Trinajstić information content (AvgIpc) is 1.97. The van der Waals surface area contributed by atoms with Gasteiger partial charge in [0, 0.05) is 32.7 Å². The molecule has 1 radical (unpaired) electrons. The van der Waals surface area contributed by atoms with Gasteiger partial charge in [-0.15, -0.1) is 0 Å². The van der Waals surface area contributed by atoms with Crippen LogP contribution in [0.3, 0.4) is 0 Å². The van der Waals surface area contributed by atoms with E-state index >= 15 is 0 Å². The summed E-state index contributed by atoms with van der Waals surface area (Å²) in [5.41, 5.74) is 0.776. The van der Waals surface area contributed by atoms with Gasteiger partial charge in [-0.05, 0) is 0 Å². The number of amides is 1. The van der Waals surface area contributed by atoms with E-state index in [9.17, 15) is 4.79 Å². The number of nitrogens with zero attached hydrogens (tertiary/aromatic N) is 1. The van der Waals surface area contributed by atoms with Gasteiger partial charge in [0.2, 0.25) is 0 Å². The molecule has 0 atom stereocenters. The van der Waals surface area contributed by atoms with Crippen LogP contribution in [0, 0.1) is 0 Å². The monoisotopic (exact) mass is 424 g/mol. The molecule has 4 heteroatoms. The van der Waals surface area contributed by atoms with Crippen LogP contribution in [-0.2, 0) is 56.9 Å². The fourth-order valence-corrected chi connectivity index (χ4v) is 0.766. The third-order valence-corrected chi connectivity index (χ3v) is 2.46. The van der Waals surface area contributed by atoms with E-state index in [1.54, 1.807) is 6.20 Å². The van der Waals surface area contributed by atoms with Gasteiger partial charge in [-0.2, -0.15) is 0 Å². The van der Waals surface area contributed by atoms with E-state index in [0.717, 1.165) is 5.57 Å². The van der Waals surface area contributed by atoms with E-state index in [2.05, 4.69) is 4.40 Å². The minimum Gasteiger partial charge on any atom is 0 e. The summed E-state index contributed by atoms with van der Waals surface area (Å²) < 4.78 is 3.03. The summed E-state index contributed by atoms with van der Waals surface area (Å²) in [7, 11) is 0. The quantitative estimate of drug-likeness (QED) is 0.494. The molecule has 0 fully saturated rings. The fourth-order valence-electron chi connectivity index (χ4n) is 0.577. The van der Waals surface area contributed by atoms with Crippen LogP contribution in [0.25, 0.3) is 0 Å². The SMILES string of the molecule is C/C([C-]=[W])=C/N([C-]=O)C(C)(C)C.[Y]. The molecule has 0 aromatic heterocycles. The van der Waals surface area contributed by atoms with Crippen molar-refractivity contribution in [2.24, 2.45) is 0 Å². The maximum atomic E-state index is 10.5. The number of carbonyl (C=O) groups excluding carboxylic acids is 1. The standard InChI is InChI=1S/C9H13NO.W.Y/c1-8(2)6-10(7-11)9(3,4)5;;/h6H,1,3-5H3;;/q-2;;/b8-6-;;. The summed E-state index contributed by atoms with van der Waals surface area (Å²) in [5.74, 6) is 0. The zero-order valence-corrected chi connectivity index (χ0v) is 14.2. The van der Waals surface area contributed by atoms with Crippen LogP contribution >= 0.6 is 0 Å². The third kappa shape index (κ3) is 6.88. The summed E-state index contributed by atoms with van der Waals surface area (Å²) in [6, 6.07) is 0. The minimum absolute atomic E-state index is 0. The van der Waals surface area contributed by atoms with Crippen LogP contribution < -0.4 is 0 Å². The molecule has 1 amide bonds. The topological polar surface area (TPSA) is 20.3 Å². The summed E-state index contributed by atoms with van der Waals surface area (Å²) in [6.45, 7) is 7.81. The molecule has 0 saturated carbocycles. The van der Waals surface area contributed by atoms with Gasteiger partial charge in [-0.25, -0.2) is 0 Å². The van der Waals surface area contributed by atoms with Crippen LogP contribution in [0.15, 0.2) is 11.8 Å². The van der Waals surface area contributed by atoms with E-state index in [-0.39, 0.29) is 38.2 Å². The maximum Gasteiger partial charge on any atom is 0 e. The molecule has 0 aromatic carbocycles. The Morgan fingerprint density at radius 2 is 1.92 bits per heavy atom. The van der Waals surface area contributed by atoms with Gasteiger partial charge in [0.25, 0.3) is 0 Å². The van der Waals surface area contributed by atoms with Crippen molar-refractivity contribution in [3.8, 4) is 0 Å². The van der Waals surface area contributed by atoms with Crippen molar-refractivity contribution in [1.29, 1.82) is 0 Å². The predicted molar refractivity (Wildman–Crippen MR) is 46.0 cm³/mol. The Kier molecular flexibility index (Phi) is 9.03. The molecule has 0 heterocycles. The van der Waals surface area contributed by atoms with E-state index in [4.69, 9.17) is 0 Å². The summed E-state index contributed by atoms with van der Waals surface area (Å²) in [6.07, 6.45) is 3.65. The molecule has 13 heavy (non-hydrogen) atoms. The van der Waals surface area contributed by atoms with Crippen molar-refractivity contribution in [3.63, 3.8) is 0 Å². The molecule has 0 N–H and O–H groups in total. The molecular weight excluding hydrogens is 411 g/mol. The Hall–Kier alpha value is 0.872. The van der Waals surface area contributed by atoms with Crippen molar-refractivity contribution in [3.05, 3.63) is 11.8 Å². The second kappa shape index (κ2) is 7.20. The van der Waals surface area contributed by atoms with Crippen LogP contribution in [0.5, 0.6) is 0 Å². The molecule has 0 aliphatic rings. The Labute approximate surface area is 116 Å². The van der Waals surface area contributed by atoms with Crippen LogP contribution in [0.1, 0.15) is 27.7 Å². The molecule has 71 valence electrons. The van der Waals surface area contributed by atoms with Gasteiger partial charge >= 0.3 is 84.9 Å². The van der Waals surface area contributed by atoms with E-state index in [1.165, 1.54) is 24.3 Å². The molecule has 0 unspecified atom stereocenters. The smallest absolute Gasteiger partial charge is 0 e. The van der Waals surface area contributed by atoms with Gasteiger partial charge in [-0.1, -0.05) is 0 Å². The van der Waals surface area contributed by atoms with Crippen molar-refractivity contribution in [2.45, 2.75) is 33.2 Å². The first-order valence-corrected chi connectivity index (χ1v) is 5.12. The van der Waals surface area contributed by atoms with Crippen LogP contribution in [-0.4, -0.2) is 21.2 Å². The zero-order valence-electron chi connectivity index (χ0n) is 8.42. The predicted octanol–water partition coefficient (Wildman–Crippen LogP) is 1.28. The van der Waals surface area contributed by atoms with Gasteiger partial charge in [0.05, 0.1) is 0 Å². The molecule has 0 spiro atoms. The van der Waals surface area contributed by atoms with Crippen molar-refractivity contribution >= 4 is 10.8 Å². The molecule has 0 rings (SSSR count).